The van der Waals surface area contributed by atoms with Crippen LogP contribution < -0.4 is 0 Å². The van der Waals surface area contributed by atoms with Crippen molar-refractivity contribution >= 4 is 61.2 Å². The molecule has 2 aromatic heterocycles. The van der Waals surface area contributed by atoms with Crippen LogP contribution in [0.25, 0.3) is 11.0 Å². The summed E-state index contributed by atoms with van der Waals surface area (Å²) in [6.07, 6.45) is 0. The molecule has 0 aromatic carbocycles. The van der Waals surface area contributed by atoms with Crippen LogP contribution in [0.3, 0.4) is 0 Å². The van der Waals surface area contributed by atoms with Crippen LogP contribution in [0, 0.1) is 3.70 Å². The molecule has 0 aliphatic heterocycles. The third-order valence-electron chi connectivity index (χ3n) is 1.40. The van der Waals surface area contributed by atoms with Crippen molar-refractivity contribution in [2.75, 3.05) is 0 Å². The van der Waals surface area contributed by atoms with Gasteiger partial charge >= 0.3 is 0 Å². The fourth-order valence-electron chi connectivity index (χ4n) is 0.866. The molecule has 2 rings (SSSR count). The van der Waals surface area contributed by atoms with Gasteiger partial charge in [-0.1, -0.05) is 11.6 Å². The third-order valence-corrected chi connectivity index (χ3v) is 3.27. The molecule has 0 amide bonds. The normalized spacial score (nSPS) is 10.9. The van der Waals surface area contributed by atoms with Crippen LogP contribution >= 0.6 is 50.1 Å². The number of rotatable bonds is 0. The van der Waals surface area contributed by atoms with E-state index in [1.807, 2.05) is 0 Å². The fourth-order valence-corrected chi connectivity index (χ4v) is 1.82. The molecule has 0 atom stereocenters. The highest BCUT2D eigenvalue weighted by Gasteiger charge is 2.07. The second kappa shape index (κ2) is 3.12. The number of hydrogen-bond acceptors (Lipinski definition) is 2. The molecule has 0 spiro atoms. The van der Waals surface area contributed by atoms with E-state index in [0.717, 1.165) is 14.7 Å². The topological polar surface area (TPSA) is 41.6 Å². The van der Waals surface area contributed by atoms with E-state index in [0.29, 0.717) is 9.63 Å². The molecule has 0 saturated carbocycles. The molecule has 3 nitrogen and oxygen atoms in total. The van der Waals surface area contributed by atoms with Crippen molar-refractivity contribution in [3.8, 4) is 0 Å². The van der Waals surface area contributed by atoms with Crippen LogP contribution in [-0.4, -0.2) is 15.2 Å². The molecule has 0 unspecified atom stereocenters. The van der Waals surface area contributed by atoms with Gasteiger partial charge in [-0.25, -0.2) is 4.98 Å². The first-order valence-electron chi connectivity index (χ1n) is 3.04. The monoisotopic (exact) mass is 357 g/mol. The number of nitrogens with one attached hydrogen (secondary N) is 1. The molecule has 6 heteroatoms. The molecule has 0 aliphatic carbocycles. The van der Waals surface area contributed by atoms with Crippen molar-refractivity contribution < 1.29 is 0 Å². The molecule has 0 radical (unpaired) electrons. The molecule has 1 N–H and O–H groups in total. The molecule has 12 heavy (non-hydrogen) atoms. The lowest BCUT2D eigenvalue weighted by molar-refractivity contribution is 1.09. The Hall–Kier alpha value is 0.120. The molecule has 0 bridgehead atoms. The third kappa shape index (κ3) is 1.33. The van der Waals surface area contributed by atoms with Gasteiger partial charge in [0, 0.05) is 0 Å². The van der Waals surface area contributed by atoms with Crippen LogP contribution in [0.4, 0.5) is 0 Å². The summed E-state index contributed by atoms with van der Waals surface area (Å²) in [6, 6.07) is 1.77. The maximum Gasteiger partial charge on any atom is 0.125 e. The summed E-state index contributed by atoms with van der Waals surface area (Å²) >= 11 is 11.2. The number of fused-ring (bicyclic) bond motifs is 1. The van der Waals surface area contributed by atoms with Gasteiger partial charge in [0.15, 0.2) is 0 Å². The maximum absolute atomic E-state index is 5.83. The first-order valence-corrected chi connectivity index (χ1v) is 5.29. The van der Waals surface area contributed by atoms with E-state index in [1.54, 1.807) is 6.07 Å². The van der Waals surface area contributed by atoms with Crippen molar-refractivity contribution in [3.05, 3.63) is 19.4 Å². The van der Waals surface area contributed by atoms with Crippen molar-refractivity contribution in [1.82, 2.24) is 15.2 Å². The van der Waals surface area contributed by atoms with E-state index in [1.165, 1.54) is 0 Å². The van der Waals surface area contributed by atoms with Crippen LogP contribution in [-0.2, 0) is 0 Å². The van der Waals surface area contributed by atoms with E-state index < -0.39 is 0 Å². The van der Waals surface area contributed by atoms with E-state index in [4.69, 9.17) is 11.6 Å². The summed E-state index contributed by atoms with van der Waals surface area (Å²) in [6.45, 7) is 0. The Morgan fingerprint density at radius 1 is 1.58 bits per heavy atom. The molecule has 0 aliphatic rings. The van der Waals surface area contributed by atoms with Gasteiger partial charge in [-0.2, -0.15) is 5.10 Å². The first-order chi connectivity index (χ1) is 5.68. The van der Waals surface area contributed by atoms with Crippen LogP contribution in [0.15, 0.2) is 10.7 Å². The summed E-state index contributed by atoms with van der Waals surface area (Å²) in [5.41, 5.74) is 1.62. The van der Waals surface area contributed by atoms with Gasteiger partial charge in [-0.05, 0) is 44.6 Å². The molecule has 2 heterocycles. The fraction of sp³-hybridized carbons (Fsp3) is 0. The van der Waals surface area contributed by atoms with Crippen LogP contribution in [0.2, 0.25) is 5.02 Å². The average molecular weight is 358 g/mol. The van der Waals surface area contributed by atoms with Gasteiger partial charge in [0.25, 0.3) is 0 Å². The van der Waals surface area contributed by atoms with Gasteiger partial charge < -0.3 is 0 Å². The SMILES string of the molecule is Clc1cc2n[nH]c(I)c2nc1Br. The second-order valence-corrected chi connectivity index (χ2v) is 4.40. The predicted octanol–water partition coefficient (Wildman–Crippen LogP) is 2.98. The zero-order valence-corrected chi connectivity index (χ0v) is 10.1. The predicted molar refractivity (Wildman–Crippen MR) is 59.3 cm³/mol. The Kier molecular flexibility index (Phi) is 2.26. The number of halogens is 3. The van der Waals surface area contributed by atoms with Gasteiger partial charge in [0.1, 0.15) is 19.3 Å². The smallest absolute Gasteiger partial charge is 0.125 e. The Morgan fingerprint density at radius 2 is 2.33 bits per heavy atom. The minimum Gasteiger partial charge on any atom is -0.269 e. The van der Waals surface area contributed by atoms with Crippen molar-refractivity contribution in [2.45, 2.75) is 0 Å². The van der Waals surface area contributed by atoms with E-state index in [2.05, 4.69) is 53.7 Å². The average Bonchev–Trinajstić information content (AvgIpc) is 2.35. The summed E-state index contributed by atoms with van der Waals surface area (Å²) in [7, 11) is 0. The number of aromatic nitrogens is 3. The highest BCUT2D eigenvalue weighted by Crippen LogP contribution is 2.25. The summed E-state index contributed by atoms with van der Waals surface area (Å²) in [5.74, 6) is 0. The summed E-state index contributed by atoms with van der Waals surface area (Å²) < 4.78 is 1.57. The van der Waals surface area contributed by atoms with Crippen molar-refractivity contribution in [3.63, 3.8) is 0 Å². The summed E-state index contributed by atoms with van der Waals surface area (Å²) in [5, 5.41) is 7.42. The zero-order valence-electron chi connectivity index (χ0n) is 5.61. The lowest BCUT2D eigenvalue weighted by atomic mass is 10.4. The molecular formula is C6H2BrClIN3. The summed E-state index contributed by atoms with van der Waals surface area (Å²) in [4.78, 5) is 4.22. The molecule has 62 valence electrons. The highest BCUT2D eigenvalue weighted by molar-refractivity contribution is 14.1. The van der Waals surface area contributed by atoms with E-state index in [-0.39, 0.29) is 0 Å². The highest BCUT2D eigenvalue weighted by atomic mass is 127. The van der Waals surface area contributed by atoms with E-state index >= 15 is 0 Å². The number of nitrogens with zero attached hydrogens (tertiary/aromatic N) is 2. The van der Waals surface area contributed by atoms with Gasteiger partial charge in [0.2, 0.25) is 0 Å². The minimum absolute atomic E-state index is 0.574. The Morgan fingerprint density at radius 3 is 3.08 bits per heavy atom. The maximum atomic E-state index is 5.83. The van der Waals surface area contributed by atoms with Crippen molar-refractivity contribution in [2.24, 2.45) is 0 Å². The number of H-pyrrole nitrogens is 1. The second-order valence-electron chi connectivity index (χ2n) is 2.17. The zero-order chi connectivity index (χ0) is 8.72. The van der Waals surface area contributed by atoms with Crippen LogP contribution in [0.5, 0.6) is 0 Å². The number of pyridine rings is 1. The van der Waals surface area contributed by atoms with E-state index in [9.17, 15) is 0 Å². The lowest BCUT2D eigenvalue weighted by Crippen LogP contribution is -1.79. The molecular weight excluding hydrogens is 356 g/mol. The van der Waals surface area contributed by atoms with Gasteiger partial charge in [-0.3, -0.25) is 5.10 Å². The first kappa shape index (κ1) is 8.71. The van der Waals surface area contributed by atoms with Gasteiger partial charge in [-0.15, -0.1) is 0 Å². The Bertz CT molecular complexity index is 442. The Labute approximate surface area is 95.2 Å². The molecule has 0 saturated heterocycles. The quantitative estimate of drug-likeness (QED) is 0.581. The number of hydrogen-bond donors (Lipinski definition) is 1. The van der Waals surface area contributed by atoms with Crippen LogP contribution in [0.1, 0.15) is 0 Å². The minimum atomic E-state index is 0.574. The number of aromatic amines is 1. The lowest BCUT2D eigenvalue weighted by Gasteiger charge is -1.93. The van der Waals surface area contributed by atoms with Crippen molar-refractivity contribution in [1.29, 1.82) is 0 Å². The Balaban J connectivity index is 2.87. The molecule has 2 aromatic rings. The molecule has 0 fully saturated rings. The largest absolute Gasteiger partial charge is 0.269 e. The van der Waals surface area contributed by atoms with Gasteiger partial charge in [0.05, 0.1) is 5.02 Å². The standard InChI is InChI=1S/C6H2BrClIN3/c7-5-2(8)1-3-4(10-5)6(9)12-11-3/h1H,(H,11,12).